The minimum absolute atomic E-state index is 0.00667. The standard InChI is InChI=1S/C7H8O3/c1-3-2-4(8)6-7(10-6)5(3)9/h2,5-7,9H,1H3/t5-,6-,7+/m0/s1. The Morgan fingerprint density at radius 1 is 1.70 bits per heavy atom. The minimum Gasteiger partial charge on any atom is -0.386 e. The molecule has 0 bridgehead atoms. The maximum atomic E-state index is 10.9. The van der Waals surface area contributed by atoms with Crippen molar-refractivity contribution in [3.05, 3.63) is 11.6 Å². The molecule has 2 rings (SSSR count). The Hall–Kier alpha value is -0.670. The van der Waals surface area contributed by atoms with Crippen LogP contribution in [0.2, 0.25) is 0 Å². The zero-order valence-corrected chi connectivity index (χ0v) is 5.57. The summed E-state index contributed by atoms with van der Waals surface area (Å²) in [5, 5.41) is 9.26. The van der Waals surface area contributed by atoms with E-state index in [9.17, 15) is 9.90 Å². The lowest BCUT2D eigenvalue weighted by Crippen LogP contribution is -2.26. The number of hydrogen-bond donors (Lipinski definition) is 1. The number of ether oxygens (including phenoxy) is 1. The van der Waals surface area contributed by atoms with Crippen LogP contribution >= 0.6 is 0 Å². The first kappa shape index (κ1) is 6.07. The van der Waals surface area contributed by atoms with Crippen molar-refractivity contribution in [2.45, 2.75) is 25.2 Å². The second-order valence-corrected chi connectivity index (χ2v) is 2.76. The van der Waals surface area contributed by atoms with Crippen LogP contribution in [-0.2, 0) is 9.53 Å². The molecule has 3 nitrogen and oxygen atoms in total. The van der Waals surface area contributed by atoms with Crippen LogP contribution in [0.1, 0.15) is 6.92 Å². The highest BCUT2D eigenvalue weighted by atomic mass is 16.6. The Kier molecular flexibility index (Phi) is 1.02. The van der Waals surface area contributed by atoms with Gasteiger partial charge in [0, 0.05) is 0 Å². The molecular formula is C7H8O3. The first-order valence-electron chi connectivity index (χ1n) is 3.26. The van der Waals surface area contributed by atoms with Crippen molar-refractivity contribution in [2.75, 3.05) is 0 Å². The zero-order valence-electron chi connectivity index (χ0n) is 5.57. The fourth-order valence-corrected chi connectivity index (χ4v) is 1.24. The van der Waals surface area contributed by atoms with E-state index in [4.69, 9.17) is 4.74 Å². The highest BCUT2D eigenvalue weighted by Crippen LogP contribution is 2.33. The topological polar surface area (TPSA) is 49.8 Å². The lowest BCUT2D eigenvalue weighted by Gasteiger charge is -2.10. The maximum absolute atomic E-state index is 10.9. The van der Waals surface area contributed by atoms with E-state index in [-0.39, 0.29) is 18.0 Å². The number of rotatable bonds is 0. The smallest absolute Gasteiger partial charge is 0.187 e. The molecule has 0 aromatic carbocycles. The van der Waals surface area contributed by atoms with Crippen molar-refractivity contribution < 1.29 is 14.6 Å². The normalized spacial score (nSPS) is 44.4. The number of fused-ring (bicyclic) bond motifs is 1. The van der Waals surface area contributed by atoms with E-state index in [0.29, 0.717) is 5.57 Å². The van der Waals surface area contributed by atoms with Gasteiger partial charge in [-0.2, -0.15) is 0 Å². The summed E-state index contributed by atoms with van der Waals surface area (Å²) in [7, 11) is 0. The lowest BCUT2D eigenvalue weighted by atomic mass is 9.97. The van der Waals surface area contributed by atoms with E-state index in [1.807, 2.05) is 0 Å². The number of hydrogen-bond acceptors (Lipinski definition) is 3. The van der Waals surface area contributed by atoms with Gasteiger partial charge in [0.2, 0.25) is 0 Å². The molecule has 1 fully saturated rings. The average molecular weight is 140 g/mol. The molecule has 10 heavy (non-hydrogen) atoms. The molecule has 0 amide bonds. The van der Waals surface area contributed by atoms with E-state index < -0.39 is 6.10 Å². The monoisotopic (exact) mass is 140 g/mol. The van der Waals surface area contributed by atoms with Crippen LogP contribution < -0.4 is 0 Å². The van der Waals surface area contributed by atoms with Crippen LogP contribution in [0.15, 0.2) is 11.6 Å². The first-order chi connectivity index (χ1) is 4.70. The van der Waals surface area contributed by atoms with Gasteiger partial charge in [0.05, 0.1) is 0 Å². The van der Waals surface area contributed by atoms with Gasteiger partial charge in [-0.05, 0) is 18.6 Å². The van der Waals surface area contributed by atoms with E-state index >= 15 is 0 Å². The Bertz CT molecular complexity index is 219. The van der Waals surface area contributed by atoms with Crippen LogP contribution in [-0.4, -0.2) is 29.2 Å². The van der Waals surface area contributed by atoms with Crippen molar-refractivity contribution in [2.24, 2.45) is 0 Å². The molecule has 1 aliphatic carbocycles. The number of aliphatic hydroxyl groups excluding tert-OH is 1. The fourth-order valence-electron chi connectivity index (χ4n) is 1.24. The average Bonchev–Trinajstić information content (AvgIpc) is 2.61. The van der Waals surface area contributed by atoms with E-state index in [2.05, 4.69) is 0 Å². The minimum atomic E-state index is -0.553. The summed E-state index contributed by atoms with van der Waals surface area (Å²) in [6.45, 7) is 1.74. The molecule has 0 saturated carbocycles. The molecule has 3 atom stereocenters. The van der Waals surface area contributed by atoms with Gasteiger partial charge in [-0.15, -0.1) is 0 Å². The fraction of sp³-hybridized carbons (Fsp3) is 0.571. The molecule has 2 aliphatic rings. The van der Waals surface area contributed by atoms with Gasteiger partial charge in [0.15, 0.2) is 5.78 Å². The van der Waals surface area contributed by atoms with Gasteiger partial charge in [-0.3, -0.25) is 4.79 Å². The van der Waals surface area contributed by atoms with Gasteiger partial charge in [0.1, 0.15) is 18.3 Å². The number of carbonyl (C=O) groups is 1. The molecule has 54 valence electrons. The summed E-state index contributed by atoms with van der Waals surface area (Å²) >= 11 is 0. The third kappa shape index (κ3) is 0.646. The molecule has 0 spiro atoms. The quantitative estimate of drug-likeness (QED) is 0.467. The summed E-state index contributed by atoms with van der Waals surface area (Å²) in [6, 6.07) is 0. The Balaban J connectivity index is 2.30. The summed E-state index contributed by atoms with van der Waals surface area (Å²) in [5.74, 6) is -0.00667. The van der Waals surface area contributed by atoms with Gasteiger partial charge >= 0.3 is 0 Å². The van der Waals surface area contributed by atoms with E-state index in [1.54, 1.807) is 6.92 Å². The Labute approximate surface area is 58.3 Å². The molecule has 1 aliphatic heterocycles. The third-order valence-corrected chi connectivity index (χ3v) is 1.95. The van der Waals surface area contributed by atoms with Crippen LogP contribution in [0, 0.1) is 0 Å². The SMILES string of the molecule is CC1=CC(=O)[C@@H]2O[C@@H]2[C@H]1O. The predicted molar refractivity (Wildman–Crippen MR) is 33.4 cm³/mol. The predicted octanol–water partition coefficient (Wildman–Crippen LogP) is -0.356. The van der Waals surface area contributed by atoms with Crippen LogP contribution in [0.5, 0.6) is 0 Å². The molecule has 0 radical (unpaired) electrons. The molecule has 0 aromatic heterocycles. The van der Waals surface area contributed by atoms with Crippen LogP contribution in [0.4, 0.5) is 0 Å². The van der Waals surface area contributed by atoms with Crippen LogP contribution in [0.25, 0.3) is 0 Å². The summed E-state index contributed by atoms with van der Waals surface area (Å²) in [6.07, 6.45) is 0.331. The van der Waals surface area contributed by atoms with Crippen molar-refractivity contribution in [3.63, 3.8) is 0 Å². The molecule has 1 saturated heterocycles. The van der Waals surface area contributed by atoms with Crippen molar-refractivity contribution >= 4 is 5.78 Å². The van der Waals surface area contributed by atoms with Crippen molar-refractivity contribution in [1.29, 1.82) is 0 Å². The molecule has 3 heteroatoms. The summed E-state index contributed by atoms with van der Waals surface area (Å²) < 4.78 is 4.92. The van der Waals surface area contributed by atoms with Crippen molar-refractivity contribution in [1.82, 2.24) is 0 Å². The Morgan fingerprint density at radius 3 is 3.10 bits per heavy atom. The highest BCUT2D eigenvalue weighted by molar-refractivity contribution is 5.97. The largest absolute Gasteiger partial charge is 0.386 e. The van der Waals surface area contributed by atoms with Gasteiger partial charge < -0.3 is 9.84 Å². The number of ketones is 1. The molecule has 0 unspecified atom stereocenters. The van der Waals surface area contributed by atoms with Gasteiger partial charge in [-0.25, -0.2) is 0 Å². The van der Waals surface area contributed by atoms with Crippen molar-refractivity contribution in [3.8, 4) is 0 Å². The van der Waals surface area contributed by atoms with Gasteiger partial charge in [0.25, 0.3) is 0 Å². The molecule has 1 N–H and O–H groups in total. The number of epoxide rings is 1. The maximum Gasteiger partial charge on any atom is 0.187 e. The van der Waals surface area contributed by atoms with Gasteiger partial charge in [-0.1, -0.05) is 0 Å². The number of carbonyl (C=O) groups excluding carboxylic acids is 1. The molecule has 0 aromatic rings. The zero-order chi connectivity index (χ0) is 7.30. The van der Waals surface area contributed by atoms with E-state index in [1.165, 1.54) is 6.08 Å². The van der Waals surface area contributed by atoms with Crippen LogP contribution in [0.3, 0.4) is 0 Å². The lowest BCUT2D eigenvalue weighted by molar-refractivity contribution is -0.116. The van der Waals surface area contributed by atoms with E-state index in [0.717, 1.165) is 0 Å². The first-order valence-corrected chi connectivity index (χ1v) is 3.26. The third-order valence-electron chi connectivity index (χ3n) is 1.95. The summed E-state index contributed by atoms with van der Waals surface area (Å²) in [4.78, 5) is 10.9. The number of aliphatic hydroxyl groups is 1. The molecule has 1 heterocycles. The molecular weight excluding hydrogens is 132 g/mol. The highest BCUT2D eigenvalue weighted by Gasteiger charge is 2.51. The Morgan fingerprint density at radius 2 is 2.40 bits per heavy atom. The summed E-state index contributed by atoms with van der Waals surface area (Å²) in [5.41, 5.74) is 0.712. The second-order valence-electron chi connectivity index (χ2n) is 2.76. The second kappa shape index (κ2) is 1.68.